The van der Waals surface area contributed by atoms with E-state index in [-0.39, 0.29) is 13.6 Å². The van der Waals surface area contributed by atoms with Gasteiger partial charge in [0, 0.05) is 5.39 Å². The second-order valence-corrected chi connectivity index (χ2v) is 8.25. The monoisotopic (exact) mass is 470 g/mol. The zero-order valence-electron chi connectivity index (χ0n) is 17.8. The second kappa shape index (κ2) is 8.19. The molecule has 0 saturated carbocycles. The second-order valence-electron chi connectivity index (χ2n) is 8.25. The summed E-state index contributed by atoms with van der Waals surface area (Å²) in [7, 11) is 0. The maximum absolute atomic E-state index is 10.4. The molecule has 178 valence electrons. The molecule has 0 amide bonds. The van der Waals surface area contributed by atoms with Gasteiger partial charge >= 0.3 is 0 Å². The lowest BCUT2D eigenvalue weighted by atomic mass is 9.96. The van der Waals surface area contributed by atoms with Gasteiger partial charge in [-0.2, -0.15) is 0 Å². The third-order valence-electron chi connectivity index (χ3n) is 6.24. The molecule has 0 bridgehead atoms. The van der Waals surface area contributed by atoms with Crippen molar-refractivity contribution in [1.82, 2.24) is 0 Å². The summed E-state index contributed by atoms with van der Waals surface area (Å²) in [5.41, 5.74) is 1.75. The van der Waals surface area contributed by atoms with Crippen molar-refractivity contribution in [3.05, 3.63) is 42.5 Å². The molecule has 3 aliphatic heterocycles. The Morgan fingerprint density at radius 1 is 0.735 bits per heavy atom. The van der Waals surface area contributed by atoms with Crippen molar-refractivity contribution in [3.8, 4) is 39.9 Å². The molecule has 0 aliphatic carbocycles. The number of fused-ring (bicyclic) bond motifs is 3. The average Bonchev–Trinajstić information content (AvgIpc) is 3.51. The summed E-state index contributed by atoms with van der Waals surface area (Å²) in [6.45, 7) is -0.286. The highest BCUT2D eigenvalue weighted by atomic mass is 16.7. The first-order valence-electron chi connectivity index (χ1n) is 10.8. The van der Waals surface area contributed by atoms with Crippen molar-refractivity contribution in [1.29, 1.82) is 0 Å². The third kappa shape index (κ3) is 3.39. The zero-order valence-corrected chi connectivity index (χ0v) is 17.8. The lowest BCUT2D eigenvalue weighted by Gasteiger charge is -2.39. The Morgan fingerprint density at radius 3 is 2.15 bits per heavy atom. The van der Waals surface area contributed by atoms with E-state index in [0.29, 0.717) is 34.1 Å². The molecule has 0 unspecified atom stereocenters. The molecular formula is C24H22O10. The molecule has 3 aromatic rings. The SMILES string of the molecule is OC[C@H]1O[C@@H](Oc2ccc(-c3ccc4c(c3)OCO4)c3cc4c(cc23)OCO4)[C@H](O)[C@@H](O)[C@H]1O. The highest BCUT2D eigenvalue weighted by Gasteiger charge is 2.44. The Hall–Kier alpha value is -3.28. The van der Waals surface area contributed by atoms with Crippen LogP contribution in [0.15, 0.2) is 42.5 Å². The van der Waals surface area contributed by atoms with Crippen molar-refractivity contribution in [2.24, 2.45) is 0 Å². The first-order valence-corrected chi connectivity index (χ1v) is 10.8. The number of benzene rings is 3. The topological polar surface area (TPSA) is 136 Å². The third-order valence-corrected chi connectivity index (χ3v) is 6.24. The molecule has 0 spiro atoms. The van der Waals surface area contributed by atoms with Crippen LogP contribution in [0.5, 0.6) is 28.7 Å². The molecule has 6 rings (SSSR count). The van der Waals surface area contributed by atoms with Gasteiger partial charge < -0.3 is 48.8 Å². The van der Waals surface area contributed by atoms with Gasteiger partial charge in [0.2, 0.25) is 19.9 Å². The van der Waals surface area contributed by atoms with Crippen LogP contribution in [0.3, 0.4) is 0 Å². The predicted octanol–water partition coefficient (Wildman–Crippen LogP) is 1.14. The molecule has 0 aromatic heterocycles. The summed E-state index contributed by atoms with van der Waals surface area (Å²) in [6.07, 6.45) is -6.95. The van der Waals surface area contributed by atoms with Gasteiger partial charge in [-0.1, -0.05) is 12.1 Å². The summed E-state index contributed by atoms with van der Waals surface area (Å²) in [5.74, 6) is 2.79. The zero-order chi connectivity index (χ0) is 23.4. The molecule has 10 nitrogen and oxygen atoms in total. The van der Waals surface area contributed by atoms with E-state index in [1.807, 2.05) is 30.3 Å². The molecule has 4 N–H and O–H groups in total. The van der Waals surface area contributed by atoms with Crippen molar-refractivity contribution in [2.75, 3.05) is 20.2 Å². The van der Waals surface area contributed by atoms with Crippen LogP contribution in [0.4, 0.5) is 0 Å². The van der Waals surface area contributed by atoms with E-state index < -0.39 is 37.3 Å². The van der Waals surface area contributed by atoms with Crippen molar-refractivity contribution < 1.29 is 48.8 Å². The largest absolute Gasteiger partial charge is 0.461 e. The number of ether oxygens (including phenoxy) is 6. The lowest BCUT2D eigenvalue weighted by molar-refractivity contribution is -0.277. The van der Waals surface area contributed by atoms with Gasteiger partial charge in [-0.3, -0.25) is 0 Å². The summed E-state index contributed by atoms with van der Waals surface area (Å²) in [6, 6.07) is 12.8. The summed E-state index contributed by atoms with van der Waals surface area (Å²) >= 11 is 0. The first-order chi connectivity index (χ1) is 16.5. The minimum Gasteiger partial charge on any atom is -0.461 e. The van der Waals surface area contributed by atoms with E-state index in [1.54, 1.807) is 12.1 Å². The van der Waals surface area contributed by atoms with Crippen LogP contribution in [0.1, 0.15) is 0 Å². The molecule has 3 heterocycles. The lowest BCUT2D eigenvalue weighted by Crippen LogP contribution is -2.60. The van der Waals surface area contributed by atoms with Crippen molar-refractivity contribution in [3.63, 3.8) is 0 Å². The van der Waals surface area contributed by atoms with Crippen LogP contribution in [0, 0.1) is 0 Å². The van der Waals surface area contributed by atoms with Gasteiger partial charge in [0.15, 0.2) is 23.0 Å². The van der Waals surface area contributed by atoms with Crippen LogP contribution in [-0.2, 0) is 4.74 Å². The Kier molecular flexibility index (Phi) is 5.12. The number of hydrogen-bond acceptors (Lipinski definition) is 10. The molecule has 3 aromatic carbocycles. The van der Waals surface area contributed by atoms with E-state index in [9.17, 15) is 20.4 Å². The van der Waals surface area contributed by atoms with Gasteiger partial charge in [-0.15, -0.1) is 0 Å². The average molecular weight is 470 g/mol. The quantitative estimate of drug-likeness (QED) is 0.439. The van der Waals surface area contributed by atoms with Crippen LogP contribution in [0.2, 0.25) is 0 Å². The molecule has 3 aliphatic rings. The normalized spacial score (nSPS) is 27.2. The smallest absolute Gasteiger partial charge is 0.231 e. The number of aliphatic hydroxyl groups is 4. The Balaban J connectivity index is 1.43. The van der Waals surface area contributed by atoms with E-state index in [2.05, 4.69) is 0 Å². The fraction of sp³-hybridized carbons (Fsp3) is 0.333. The van der Waals surface area contributed by atoms with Crippen LogP contribution >= 0.6 is 0 Å². The van der Waals surface area contributed by atoms with E-state index in [0.717, 1.165) is 16.5 Å². The summed E-state index contributed by atoms with van der Waals surface area (Å²) in [5, 5.41) is 41.5. The van der Waals surface area contributed by atoms with Gasteiger partial charge in [-0.25, -0.2) is 0 Å². The number of aliphatic hydroxyl groups excluding tert-OH is 4. The Morgan fingerprint density at radius 2 is 1.41 bits per heavy atom. The van der Waals surface area contributed by atoms with Gasteiger partial charge in [-0.05, 0) is 46.8 Å². The van der Waals surface area contributed by atoms with Gasteiger partial charge in [0.1, 0.15) is 30.2 Å². The minimum atomic E-state index is -1.55. The fourth-order valence-corrected chi connectivity index (χ4v) is 4.42. The van der Waals surface area contributed by atoms with Gasteiger partial charge in [0.05, 0.1) is 6.61 Å². The molecule has 1 fully saturated rings. The van der Waals surface area contributed by atoms with Crippen molar-refractivity contribution >= 4 is 10.8 Å². The first kappa shape index (κ1) is 21.3. The molecule has 0 radical (unpaired) electrons. The van der Waals surface area contributed by atoms with E-state index in [4.69, 9.17) is 28.4 Å². The molecule has 5 atom stereocenters. The van der Waals surface area contributed by atoms with Gasteiger partial charge in [0.25, 0.3) is 0 Å². The standard InChI is InChI=1S/C24H22O10/c25-8-20-21(26)22(27)23(28)24(34-20)33-15-4-2-12(11-1-3-16-17(5-11)30-9-29-16)13-6-18-19(7-14(13)15)32-10-31-18/h1-7,20-28H,8-10H2/t20-,21+,22+,23-,24-/m1/s1. The molecule has 10 heteroatoms. The highest BCUT2D eigenvalue weighted by Crippen LogP contribution is 2.45. The molecule has 34 heavy (non-hydrogen) atoms. The number of hydrogen-bond donors (Lipinski definition) is 4. The summed E-state index contributed by atoms with van der Waals surface area (Å²) in [4.78, 5) is 0. The maximum atomic E-state index is 10.4. The van der Waals surface area contributed by atoms with Crippen LogP contribution in [-0.4, -0.2) is 71.3 Å². The van der Waals surface area contributed by atoms with Crippen LogP contribution < -0.4 is 23.7 Å². The Labute approximate surface area is 193 Å². The molecular weight excluding hydrogens is 448 g/mol. The minimum absolute atomic E-state index is 0.0912. The van der Waals surface area contributed by atoms with E-state index >= 15 is 0 Å². The maximum Gasteiger partial charge on any atom is 0.231 e. The fourth-order valence-electron chi connectivity index (χ4n) is 4.42. The summed E-state index contributed by atoms with van der Waals surface area (Å²) < 4.78 is 33.5. The highest BCUT2D eigenvalue weighted by molar-refractivity contribution is 6.02. The Bertz CT molecular complexity index is 1240. The van der Waals surface area contributed by atoms with Crippen LogP contribution in [0.25, 0.3) is 21.9 Å². The number of rotatable bonds is 4. The molecule has 1 saturated heterocycles. The van der Waals surface area contributed by atoms with E-state index in [1.165, 1.54) is 0 Å². The van der Waals surface area contributed by atoms with Crippen molar-refractivity contribution in [2.45, 2.75) is 30.7 Å². The predicted molar refractivity (Wildman–Crippen MR) is 116 cm³/mol.